The Morgan fingerprint density at radius 1 is 1.15 bits per heavy atom. The summed E-state index contributed by atoms with van der Waals surface area (Å²) in [6.07, 6.45) is 2.05. The summed E-state index contributed by atoms with van der Waals surface area (Å²) in [6.45, 7) is 4.28. The van der Waals surface area contributed by atoms with Gasteiger partial charge in [-0.25, -0.2) is 0 Å². The minimum absolute atomic E-state index is 0.733. The summed E-state index contributed by atoms with van der Waals surface area (Å²) in [4.78, 5) is 0. The molecule has 1 rings (SSSR count). The Kier molecular flexibility index (Phi) is 3.18. The fraction of sp³-hybridized carbons (Fsp3) is 0.455. The molecule has 13 heavy (non-hydrogen) atoms. The molecule has 0 aliphatic rings. The molecule has 0 saturated heterocycles. The van der Waals surface area contributed by atoms with Gasteiger partial charge < -0.3 is 10.5 Å². The lowest BCUT2D eigenvalue weighted by atomic mass is 10.0. The van der Waals surface area contributed by atoms with E-state index >= 15 is 0 Å². The molecule has 0 aliphatic heterocycles. The van der Waals surface area contributed by atoms with Gasteiger partial charge >= 0.3 is 0 Å². The third kappa shape index (κ3) is 1.94. The number of ether oxygens (including phenoxy) is 1. The molecule has 1 aromatic carbocycles. The van der Waals surface area contributed by atoms with Gasteiger partial charge in [0.1, 0.15) is 5.75 Å². The molecule has 0 spiro atoms. The number of rotatable bonds is 3. The second-order valence-corrected chi connectivity index (χ2v) is 3.07. The van der Waals surface area contributed by atoms with Crippen LogP contribution in [0.1, 0.15) is 25.0 Å². The topological polar surface area (TPSA) is 35.2 Å². The molecule has 0 aliphatic carbocycles. The van der Waals surface area contributed by atoms with E-state index in [4.69, 9.17) is 10.5 Å². The summed E-state index contributed by atoms with van der Waals surface area (Å²) in [7, 11) is 1.65. The van der Waals surface area contributed by atoms with Crippen molar-refractivity contribution in [2.24, 2.45) is 0 Å². The van der Waals surface area contributed by atoms with E-state index in [0.29, 0.717) is 0 Å². The number of nitrogen functional groups attached to an aromatic ring is 1. The van der Waals surface area contributed by atoms with Crippen molar-refractivity contribution in [2.75, 3.05) is 12.8 Å². The van der Waals surface area contributed by atoms with Gasteiger partial charge in [0.2, 0.25) is 0 Å². The highest BCUT2D eigenvalue weighted by atomic mass is 16.5. The van der Waals surface area contributed by atoms with Gasteiger partial charge in [0, 0.05) is 0 Å². The lowest BCUT2D eigenvalue weighted by Crippen LogP contribution is -1.98. The third-order valence-electron chi connectivity index (χ3n) is 2.31. The number of nitrogens with two attached hydrogens (primary N) is 1. The van der Waals surface area contributed by atoms with Crippen LogP contribution in [0.25, 0.3) is 0 Å². The predicted molar refractivity (Wildman–Crippen MR) is 56.2 cm³/mol. The molecule has 1 aromatic rings. The van der Waals surface area contributed by atoms with Crippen molar-refractivity contribution in [3.05, 3.63) is 23.3 Å². The van der Waals surface area contributed by atoms with E-state index in [1.165, 1.54) is 11.1 Å². The Labute approximate surface area is 79.7 Å². The van der Waals surface area contributed by atoms with Crippen molar-refractivity contribution in [2.45, 2.75) is 26.7 Å². The molecule has 2 heteroatoms. The number of hydrogen-bond donors (Lipinski definition) is 1. The summed E-state index contributed by atoms with van der Waals surface area (Å²) in [6, 6.07) is 4.05. The van der Waals surface area contributed by atoms with Crippen LogP contribution in [0.5, 0.6) is 5.75 Å². The molecule has 2 N–H and O–H groups in total. The van der Waals surface area contributed by atoms with Crippen molar-refractivity contribution in [3.63, 3.8) is 0 Å². The molecule has 0 fully saturated rings. The summed E-state index contributed by atoms with van der Waals surface area (Å²) < 4.78 is 5.16. The van der Waals surface area contributed by atoms with Crippen LogP contribution in [-0.2, 0) is 12.8 Å². The van der Waals surface area contributed by atoms with Gasteiger partial charge in [-0.05, 0) is 36.1 Å². The molecule has 0 aromatic heterocycles. The second-order valence-electron chi connectivity index (χ2n) is 3.07. The Morgan fingerprint density at radius 3 is 2.15 bits per heavy atom. The van der Waals surface area contributed by atoms with Gasteiger partial charge in [-0.15, -0.1) is 0 Å². The largest absolute Gasteiger partial charge is 0.495 e. The highest BCUT2D eigenvalue weighted by Gasteiger charge is 2.05. The Bertz CT molecular complexity index is 294. The first-order valence-corrected chi connectivity index (χ1v) is 4.68. The van der Waals surface area contributed by atoms with Gasteiger partial charge in [-0.2, -0.15) is 0 Å². The SMILES string of the molecule is CCc1cc(N)c(OC)cc1CC. The van der Waals surface area contributed by atoms with Crippen LogP contribution in [0.4, 0.5) is 5.69 Å². The Morgan fingerprint density at radius 2 is 1.69 bits per heavy atom. The third-order valence-corrected chi connectivity index (χ3v) is 2.31. The standard InChI is InChI=1S/C11H17NO/c1-4-8-6-10(12)11(13-3)7-9(8)5-2/h6-7H,4-5,12H2,1-3H3. The lowest BCUT2D eigenvalue weighted by molar-refractivity contribution is 0.416. The molecule has 0 heterocycles. The fourth-order valence-corrected chi connectivity index (χ4v) is 1.52. The average molecular weight is 179 g/mol. The summed E-state index contributed by atoms with van der Waals surface area (Å²) in [5.41, 5.74) is 9.19. The van der Waals surface area contributed by atoms with E-state index < -0.39 is 0 Å². The molecule has 0 amide bonds. The lowest BCUT2D eigenvalue weighted by Gasteiger charge is -2.10. The quantitative estimate of drug-likeness (QED) is 0.723. The average Bonchev–Trinajstić information content (AvgIpc) is 2.17. The number of hydrogen-bond acceptors (Lipinski definition) is 2. The first kappa shape index (κ1) is 9.90. The highest BCUT2D eigenvalue weighted by Crippen LogP contribution is 2.26. The molecule has 72 valence electrons. The second kappa shape index (κ2) is 4.17. The number of anilines is 1. The van der Waals surface area contributed by atoms with Crippen LogP contribution in [0.3, 0.4) is 0 Å². The fourth-order valence-electron chi connectivity index (χ4n) is 1.52. The van der Waals surface area contributed by atoms with Crippen LogP contribution in [0.2, 0.25) is 0 Å². The smallest absolute Gasteiger partial charge is 0.142 e. The van der Waals surface area contributed by atoms with E-state index in [-0.39, 0.29) is 0 Å². The van der Waals surface area contributed by atoms with Gasteiger partial charge in [0.05, 0.1) is 12.8 Å². The van der Waals surface area contributed by atoms with Crippen molar-refractivity contribution < 1.29 is 4.74 Å². The molecule has 2 nitrogen and oxygen atoms in total. The molecule has 0 radical (unpaired) electrons. The van der Waals surface area contributed by atoms with Crippen LogP contribution in [0.15, 0.2) is 12.1 Å². The van der Waals surface area contributed by atoms with E-state index in [1.807, 2.05) is 12.1 Å². The molecular weight excluding hydrogens is 162 g/mol. The van der Waals surface area contributed by atoms with Gasteiger partial charge in [0.25, 0.3) is 0 Å². The number of benzene rings is 1. The van der Waals surface area contributed by atoms with Crippen LogP contribution >= 0.6 is 0 Å². The first-order chi connectivity index (χ1) is 6.22. The van der Waals surface area contributed by atoms with Gasteiger partial charge in [0.15, 0.2) is 0 Å². The Balaban J connectivity index is 3.18. The van der Waals surface area contributed by atoms with E-state index in [1.54, 1.807) is 7.11 Å². The normalized spacial score (nSPS) is 10.1. The van der Waals surface area contributed by atoms with Crippen LogP contribution in [-0.4, -0.2) is 7.11 Å². The molecule has 0 atom stereocenters. The minimum atomic E-state index is 0.733. The number of aryl methyl sites for hydroxylation is 2. The zero-order valence-corrected chi connectivity index (χ0v) is 8.55. The van der Waals surface area contributed by atoms with Crippen molar-refractivity contribution in [3.8, 4) is 5.75 Å². The van der Waals surface area contributed by atoms with Crippen LogP contribution < -0.4 is 10.5 Å². The van der Waals surface area contributed by atoms with E-state index in [2.05, 4.69) is 13.8 Å². The van der Waals surface area contributed by atoms with Crippen LogP contribution in [0, 0.1) is 0 Å². The predicted octanol–water partition coefficient (Wildman–Crippen LogP) is 2.40. The van der Waals surface area contributed by atoms with E-state index in [9.17, 15) is 0 Å². The maximum absolute atomic E-state index is 5.81. The molecular formula is C11H17NO. The number of methoxy groups -OCH3 is 1. The molecule has 0 bridgehead atoms. The zero-order chi connectivity index (χ0) is 9.84. The van der Waals surface area contributed by atoms with Crippen molar-refractivity contribution in [1.82, 2.24) is 0 Å². The maximum Gasteiger partial charge on any atom is 0.142 e. The summed E-state index contributed by atoms with van der Waals surface area (Å²) in [5.74, 6) is 0.786. The zero-order valence-electron chi connectivity index (χ0n) is 8.55. The summed E-state index contributed by atoms with van der Waals surface area (Å²) >= 11 is 0. The highest BCUT2D eigenvalue weighted by molar-refractivity contribution is 5.57. The first-order valence-electron chi connectivity index (χ1n) is 4.68. The molecule has 0 saturated carbocycles. The summed E-state index contributed by atoms with van der Waals surface area (Å²) in [5, 5.41) is 0. The molecule has 0 unspecified atom stereocenters. The Hall–Kier alpha value is -1.18. The van der Waals surface area contributed by atoms with Crippen molar-refractivity contribution in [1.29, 1.82) is 0 Å². The van der Waals surface area contributed by atoms with Gasteiger partial charge in [-0.1, -0.05) is 13.8 Å². The monoisotopic (exact) mass is 179 g/mol. The van der Waals surface area contributed by atoms with Crippen molar-refractivity contribution >= 4 is 5.69 Å². The van der Waals surface area contributed by atoms with Gasteiger partial charge in [-0.3, -0.25) is 0 Å². The van der Waals surface area contributed by atoms with E-state index in [0.717, 1.165) is 24.3 Å². The minimum Gasteiger partial charge on any atom is -0.495 e. The maximum atomic E-state index is 5.81.